The first-order valence-corrected chi connectivity index (χ1v) is 3.66. The molecular formula is C6H10N4O. The molecule has 1 atom stereocenters. The van der Waals surface area contributed by atoms with E-state index in [0.29, 0.717) is 6.42 Å². The zero-order chi connectivity index (χ0) is 8.10. The number of carbonyl (C=O) groups excluding carboxylic acids is 1. The third-order valence-corrected chi connectivity index (χ3v) is 1.65. The van der Waals surface area contributed by atoms with Crippen molar-refractivity contribution in [1.82, 2.24) is 5.32 Å². The molecule has 1 unspecified atom stereocenters. The summed E-state index contributed by atoms with van der Waals surface area (Å²) in [5.74, 6) is -0.0140. The van der Waals surface area contributed by atoms with Crippen molar-refractivity contribution in [2.45, 2.75) is 31.8 Å². The van der Waals surface area contributed by atoms with Crippen LogP contribution >= 0.6 is 0 Å². The molecule has 1 fully saturated rings. The van der Waals surface area contributed by atoms with Gasteiger partial charge in [-0.25, -0.2) is 0 Å². The number of rotatable bonds is 1. The standard InChI is InChI=1S/C6H10N4O/c7-10-9-5-3-1-2-4-6(11)8-5/h5H,1-4H2,(H,8,11). The van der Waals surface area contributed by atoms with E-state index in [1.807, 2.05) is 0 Å². The smallest absolute Gasteiger partial charge is 0.220 e. The maximum atomic E-state index is 10.9. The zero-order valence-electron chi connectivity index (χ0n) is 6.16. The van der Waals surface area contributed by atoms with Crippen LogP contribution in [0, 0.1) is 0 Å². The Morgan fingerprint density at radius 1 is 1.64 bits per heavy atom. The van der Waals surface area contributed by atoms with Gasteiger partial charge in [0.2, 0.25) is 5.91 Å². The van der Waals surface area contributed by atoms with E-state index in [4.69, 9.17) is 5.53 Å². The van der Waals surface area contributed by atoms with Crippen molar-refractivity contribution in [1.29, 1.82) is 0 Å². The highest BCUT2D eigenvalue weighted by Crippen LogP contribution is 2.09. The molecule has 1 N–H and O–H groups in total. The predicted molar refractivity (Wildman–Crippen MR) is 39.5 cm³/mol. The molecule has 5 heteroatoms. The molecule has 0 spiro atoms. The maximum absolute atomic E-state index is 10.9. The zero-order valence-corrected chi connectivity index (χ0v) is 6.16. The highest BCUT2D eigenvalue weighted by atomic mass is 16.1. The summed E-state index contributed by atoms with van der Waals surface area (Å²) >= 11 is 0. The highest BCUT2D eigenvalue weighted by molar-refractivity contribution is 5.76. The highest BCUT2D eigenvalue weighted by Gasteiger charge is 2.13. The van der Waals surface area contributed by atoms with Gasteiger partial charge in [-0.1, -0.05) is 11.5 Å². The molecule has 0 radical (unpaired) electrons. The number of nitrogens with one attached hydrogen (secondary N) is 1. The van der Waals surface area contributed by atoms with E-state index in [2.05, 4.69) is 15.3 Å². The Balaban J connectivity index is 2.51. The molecule has 0 aliphatic carbocycles. The van der Waals surface area contributed by atoms with Crippen LogP contribution in [-0.4, -0.2) is 12.1 Å². The molecule has 1 aliphatic rings. The molecule has 0 saturated carbocycles. The molecule has 60 valence electrons. The number of carbonyl (C=O) groups is 1. The summed E-state index contributed by atoms with van der Waals surface area (Å²) in [6.07, 6.45) is 2.83. The van der Waals surface area contributed by atoms with Crippen LogP contribution < -0.4 is 5.32 Å². The van der Waals surface area contributed by atoms with Crippen LogP contribution in [0.25, 0.3) is 10.4 Å². The Kier molecular flexibility index (Phi) is 2.74. The van der Waals surface area contributed by atoms with Crippen molar-refractivity contribution >= 4 is 5.91 Å². The first-order valence-electron chi connectivity index (χ1n) is 3.66. The Bertz CT molecular complexity index is 197. The predicted octanol–water partition coefficient (Wildman–Crippen LogP) is 1.31. The lowest BCUT2D eigenvalue weighted by Crippen LogP contribution is -2.30. The van der Waals surface area contributed by atoms with Crippen LogP contribution in [0.4, 0.5) is 0 Å². The molecule has 1 rings (SSSR count). The summed E-state index contributed by atoms with van der Waals surface area (Å²) < 4.78 is 0. The maximum Gasteiger partial charge on any atom is 0.220 e. The van der Waals surface area contributed by atoms with Gasteiger partial charge in [-0.05, 0) is 18.4 Å². The minimum atomic E-state index is -0.324. The second kappa shape index (κ2) is 3.83. The minimum Gasteiger partial charge on any atom is -0.347 e. The largest absolute Gasteiger partial charge is 0.347 e. The van der Waals surface area contributed by atoms with Crippen LogP contribution in [0.15, 0.2) is 5.11 Å². The molecule has 11 heavy (non-hydrogen) atoms. The van der Waals surface area contributed by atoms with Crippen LogP contribution in [0.1, 0.15) is 25.7 Å². The average Bonchev–Trinajstić information content (AvgIpc) is 2.15. The van der Waals surface area contributed by atoms with E-state index in [9.17, 15) is 4.79 Å². The molecule has 0 aromatic rings. The number of azide groups is 1. The van der Waals surface area contributed by atoms with Crippen molar-refractivity contribution in [2.24, 2.45) is 5.11 Å². The molecular weight excluding hydrogens is 144 g/mol. The van der Waals surface area contributed by atoms with Gasteiger partial charge in [0, 0.05) is 11.3 Å². The summed E-state index contributed by atoms with van der Waals surface area (Å²) in [7, 11) is 0. The summed E-state index contributed by atoms with van der Waals surface area (Å²) in [5.41, 5.74) is 8.10. The molecule has 5 nitrogen and oxygen atoms in total. The van der Waals surface area contributed by atoms with Crippen LogP contribution in [0.5, 0.6) is 0 Å². The second-order valence-electron chi connectivity index (χ2n) is 2.53. The van der Waals surface area contributed by atoms with Gasteiger partial charge >= 0.3 is 0 Å². The fourth-order valence-corrected chi connectivity index (χ4v) is 1.10. The van der Waals surface area contributed by atoms with E-state index in [0.717, 1.165) is 19.3 Å². The topological polar surface area (TPSA) is 77.9 Å². The number of amides is 1. The molecule has 0 aromatic heterocycles. The van der Waals surface area contributed by atoms with Gasteiger partial charge in [-0.3, -0.25) is 4.79 Å². The van der Waals surface area contributed by atoms with E-state index < -0.39 is 0 Å². The number of hydrogen-bond donors (Lipinski definition) is 1. The lowest BCUT2D eigenvalue weighted by molar-refractivity contribution is -0.121. The van der Waals surface area contributed by atoms with Crippen molar-refractivity contribution in [3.05, 3.63) is 10.4 Å². The van der Waals surface area contributed by atoms with Crippen molar-refractivity contribution in [3.8, 4) is 0 Å². The molecule has 0 aromatic carbocycles. The normalized spacial score (nSPS) is 24.7. The summed E-state index contributed by atoms with van der Waals surface area (Å²) in [5, 5.41) is 6.06. The summed E-state index contributed by atoms with van der Waals surface area (Å²) in [6, 6.07) is 0. The lowest BCUT2D eigenvalue weighted by Gasteiger charge is -2.06. The van der Waals surface area contributed by atoms with Gasteiger partial charge in [-0.15, -0.1) is 0 Å². The van der Waals surface area contributed by atoms with Crippen LogP contribution in [0.2, 0.25) is 0 Å². The minimum absolute atomic E-state index is 0.0140. The van der Waals surface area contributed by atoms with Gasteiger partial charge in [0.25, 0.3) is 0 Å². The Morgan fingerprint density at radius 3 is 3.18 bits per heavy atom. The molecule has 1 amide bonds. The van der Waals surface area contributed by atoms with E-state index in [-0.39, 0.29) is 12.1 Å². The third-order valence-electron chi connectivity index (χ3n) is 1.65. The van der Waals surface area contributed by atoms with Gasteiger partial charge in [0.15, 0.2) is 0 Å². The first-order chi connectivity index (χ1) is 5.33. The number of nitrogens with zero attached hydrogens (tertiary/aromatic N) is 3. The molecule has 0 bridgehead atoms. The van der Waals surface area contributed by atoms with E-state index in [1.165, 1.54) is 0 Å². The Labute approximate surface area is 64.4 Å². The monoisotopic (exact) mass is 154 g/mol. The van der Waals surface area contributed by atoms with Gasteiger partial charge < -0.3 is 5.32 Å². The molecule has 1 heterocycles. The lowest BCUT2D eigenvalue weighted by atomic mass is 10.2. The second-order valence-corrected chi connectivity index (χ2v) is 2.53. The fourth-order valence-electron chi connectivity index (χ4n) is 1.10. The number of hydrogen-bond acceptors (Lipinski definition) is 2. The first kappa shape index (κ1) is 7.88. The van der Waals surface area contributed by atoms with Crippen LogP contribution in [-0.2, 0) is 4.79 Å². The molecule has 1 saturated heterocycles. The summed E-state index contributed by atoms with van der Waals surface area (Å²) in [6.45, 7) is 0. The molecule has 1 aliphatic heterocycles. The third kappa shape index (κ3) is 2.47. The average molecular weight is 154 g/mol. The fraction of sp³-hybridized carbons (Fsp3) is 0.833. The van der Waals surface area contributed by atoms with Crippen LogP contribution in [0.3, 0.4) is 0 Å². The summed E-state index contributed by atoms with van der Waals surface area (Å²) in [4.78, 5) is 13.5. The Hall–Kier alpha value is -1.22. The van der Waals surface area contributed by atoms with Gasteiger partial charge in [0.05, 0.1) is 0 Å². The Morgan fingerprint density at radius 2 is 2.45 bits per heavy atom. The van der Waals surface area contributed by atoms with Gasteiger partial charge in [0.1, 0.15) is 6.17 Å². The van der Waals surface area contributed by atoms with E-state index in [1.54, 1.807) is 0 Å². The van der Waals surface area contributed by atoms with Crippen molar-refractivity contribution < 1.29 is 4.79 Å². The van der Waals surface area contributed by atoms with E-state index >= 15 is 0 Å². The van der Waals surface area contributed by atoms with Crippen molar-refractivity contribution in [2.75, 3.05) is 0 Å². The SMILES string of the molecule is [N-]=[N+]=NC1CCCCC(=O)N1. The van der Waals surface area contributed by atoms with Gasteiger partial charge in [-0.2, -0.15) is 0 Å². The van der Waals surface area contributed by atoms with Crippen molar-refractivity contribution in [3.63, 3.8) is 0 Å². The quantitative estimate of drug-likeness (QED) is 0.345.